The highest BCUT2D eigenvalue weighted by Crippen LogP contribution is 2.41. The largest absolute Gasteiger partial charge is 0.383 e. The lowest BCUT2D eigenvalue weighted by Crippen LogP contribution is -2.42. The topological polar surface area (TPSA) is 50.4 Å². The van der Waals surface area contributed by atoms with Gasteiger partial charge in [0.15, 0.2) is 0 Å². The zero-order valence-corrected chi connectivity index (χ0v) is 15.1. The number of hydrogen-bond donors (Lipinski definition) is 2. The van der Waals surface area contributed by atoms with E-state index in [1.54, 1.807) is 7.11 Å². The van der Waals surface area contributed by atoms with E-state index >= 15 is 0 Å². The molecule has 0 bridgehead atoms. The number of benzene rings is 1. The maximum Gasteiger partial charge on any atom is 0.233 e. The molecule has 1 aromatic rings. The van der Waals surface area contributed by atoms with Crippen LogP contribution in [0.2, 0.25) is 5.02 Å². The summed E-state index contributed by atoms with van der Waals surface area (Å²) >= 11 is 6.14. The van der Waals surface area contributed by atoms with Crippen molar-refractivity contribution < 1.29 is 9.53 Å². The van der Waals surface area contributed by atoms with Crippen molar-refractivity contribution in [3.63, 3.8) is 0 Å². The summed E-state index contributed by atoms with van der Waals surface area (Å²) < 4.78 is 4.94. The fourth-order valence-electron chi connectivity index (χ4n) is 3.14. The second-order valence-corrected chi connectivity index (χ2v) is 6.38. The van der Waals surface area contributed by atoms with Crippen LogP contribution >= 0.6 is 24.0 Å². The molecule has 0 aromatic heterocycles. The highest BCUT2D eigenvalue weighted by Gasteiger charge is 2.35. The minimum atomic E-state index is 0. The van der Waals surface area contributed by atoms with Gasteiger partial charge < -0.3 is 15.4 Å². The molecule has 23 heavy (non-hydrogen) atoms. The molecular formula is C17H26Cl2N2O2. The minimum absolute atomic E-state index is 0. The number of carbonyl (C=O) groups excluding carboxylic acids is 1. The molecular weight excluding hydrogens is 335 g/mol. The normalized spacial score (nSPS) is 15.9. The molecule has 1 aromatic carbocycles. The van der Waals surface area contributed by atoms with Crippen LogP contribution in [0, 0.1) is 0 Å². The maximum absolute atomic E-state index is 12.0. The van der Waals surface area contributed by atoms with Gasteiger partial charge in [0.25, 0.3) is 0 Å². The summed E-state index contributed by atoms with van der Waals surface area (Å²) in [4.78, 5) is 12.0. The summed E-state index contributed by atoms with van der Waals surface area (Å²) in [6.07, 6.45) is 4.61. The molecule has 2 rings (SSSR count). The Bertz CT molecular complexity index is 491. The number of halogens is 2. The van der Waals surface area contributed by atoms with E-state index < -0.39 is 0 Å². The molecule has 0 unspecified atom stereocenters. The minimum Gasteiger partial charge on any atom is -0.383 e. The molecule has 0 heterocycles. The molecule has 4 nitrogen and oxygen atoms in total. The summed E-state index contributed by atoms with van der Waals surface area (Å²) in [6.45, 7) is 2.30. The second-order valence-electron chi connectivity index (χ2n) is 5.94. The first kappa shape index (κ1) is 20.2. The van der Waals surface area contributed by atoms with Gasteiger partial charge in [-0.1, -0.05) is 36.6 Å². The molecule has 0 atom stereocenters. The van der Waals surface area contributed by atoms with Gasteiger partial charge in [0.2, 0.25) is 5.91 Å². The van der Waals surface area contributed by atoms with Gasteiger partial charge in [0.05, 0.1) is 13.2 Å². The Kier molecular flexibility index (Phi) is 8.92. The smallest absolute Gasteiger partial charge is 0.233 e. The number of methoxy groups -OCH3 is 1. The Morgan fingerprint density at radius 2 is 2.09 bits per heavy atom. The van der Waals surface area contributed by atoms with E-state index in [0.717, 1.165) is 17.9 Å². The molecule has 6 heteroatoms. The van der Waals surface area contributed by atoms with Crippen LogP contribution in [0.1, 0.15) is 31.2 Å². The van der Waals surface area contributed by atoms with Crippen LogP contribution in [0.15, 0.2) is 24.3 Å². The van der Waals surface area contributed by atoms with Crippen LogP contribution in [-0.2, 0) is 14.9 Å². The molecule has 1 aliphatic carbocycles. The van der Waals surface area contributed by atoms with Crippen LogP contribution in [0.5, 0.6) is 0 Å². The Morgan fingerprint density at radius 1 is 1.35 bits per heavy atom. The van der Waals surface area contributed by atoms with Gasteiger partial charge >= 0.3 is 0 Å². The summed E-state index contributed by atoms with van der Waals surface area (Å²) in [5.41, 5.74) is 1.28. The highest BCUT2D eigenvalue weighted by atomic mass is 35.5. The zero-order chi connectivity index (χ0) is 15.8. The van der Waals surface area contributed by atoms with E-state index in [9.17, 15) is 4.79 Å². The number of nitrogens with one attached hydrogen (secondary N) is 2. The predicted octanol–water partition coefficient (Wildman–Crippen LogP) is 2.93. The highest BCUT2D eigenvalue weighted by molar-refractivity contribution is 6.30. The van der Waals surface area contributed by atoms with Crippen molar-refractivity contribution in [2.24, 2.45) is 0 Å². The van der Waals surface area contributed by atoms with E-state index in [4.69, 9.17) is 16.3 Å². The van der Waals surface area contributed by atoms with Gasteiger partial charge in [0.1, 0.15) is 0 Å². The first-order chi connectivity index (χ1) is 10.7. The predicted molar refractivity (Wildman–Crippen MR) is 96.6 cm³/mol. The number of hydrogen-bond acceptors (Lipinski definition) is 3. The first-order valence-electron chi connectivity index (χ1n) is 7.89. The zero-order valence-electron chi connectivity index (χ0n) is 13.6. The van der Waals surface area contributed by atoms with E-state index in [2.05, 4.69) is 16.7 Å². The Labute approximate surface area is 149 Å². The average Bonchev–Trinajstić information content (AvgIpc) is 3.00. The van der Waals surface area contributed by atoms with E-state index in [0.29, 0.717) is 26.2 Å². The number of ether oxygens (including phenoxy) is 1. The third-order valence-corrected chi connectivity index (χ3v) is 4.63. The van der Waals surface area contributed by atoms with Gasteiger partial charge in [0, 0.05) is 30.6 Å². The molecule has 0 saturated heterocycles. The van der Waals surface area contributed by atoms with Crippen molar-refractivity contribution in [3.8, 4) is 0 Å². The second kappa shape index (κ2) is 10.1. The van der Waals surface area contributed by atoms with Gasteiger partial charge in [-0.25, -0.2) is 0 Å². The molecule has 1 amide bonds. The summed E-state index contributed by atoms with van der Waals surface area (Å²) in [5, 5.41) is 6.90. The molecule has 1 saturated carbocycles. The summed E-state index contributed by atoms with van der Waals surface area (Å²) in [7, 11) is 1.65. The SMILES string of the molecule is COCCNCC(=O)NCC1(c2cccc(Cl)c2)CCCC1.Cl. The average molecular weight is 361 g/mol. The fraction of sp³-hybridized carbons (Fsp3) is 0.588. The van der Waals surface area contributed by atoms with E-state index in [-0.39, 0.29) is 23.7 Å². The van der Waals surface area contributed by atoms with E-state index in [1.807, 2.05) is 18.2 Å². The van der Waals surface area contributed by atoms with Gasteiger partial charge in [-0.3, -0.25) is 4.79 Å². The molecule has 1 aliphatic rings. The van der Waals surface area contributed by atoms with Crippen molar-refractivity contribution >= 4 is 29.9 Å². The summed E-state index contributed by atoms with van der Waals surface area (Å²) in [5.74, 6) is 0.0319. The van der Waals surface area contributed by atoms with Gasteiger partial charge in [-0.15, -0.1) is 12.4 Å². The Hall–Kier alpha value is -0.810. The van der Waals surface area contributed by atoms with Crippen molar-refractivity contribution in [1.82, 2.24) is 10.6 Å². The standard InChI is InChI=1S/C17H25ClN2O2.ClH/c1-22-10-9-19-12-16(21)20-13-17(7-2-3-8-17)14-5-4-6-15(18)11-14;/h4-6,11,19H,2-3,7-10,12-13H2,1H3,(H,20,21);1H. The van der Waals surface area contributed by atoms with Crippen molar-refractivity contribution in [1.29, 1.82) is 0 Å². The molecule has 0 aliphatic heterocycles. The van der Waals surface area contributed by atoms with Gasteiger partial charge in [-0.2, -0.15) is 0 Å². The van der Waals surface area contributed by atoms with E-state index in [1.165, 1.54) is 18.4 Å². The third-order valence-electron chi connectivity index (χ3n) is 4.39. The van der Waals surface area contributed by atoms with Crippen molar-refractivity contribution in [3.05, 3.63) is 34.9 Å². The molecule has 130 valence electrons. The van der Waals surface area contributed by atoms with Crippen LogP contribution in [-0.4, -0.2) is 39.3 Å². The van der Waals surface area contributed by atoms with Crippen LogP contribution in [0.4, 0.5) is 0 Å². The monoisotopic (exact) mass is 360 g/mol. The van der Waals surface area contributed by atoms with Gasteiger partial charge in [-0.05, 0) is 30.5 Å². The van der Waals surface area contributed by atoms with Crippen LogP contribution < -0.4 is 10.6 Å². The quantitative estimate of drug-likeness (QED) is 0.700. The lowest BCUT2D eigenvalue weighted by Gasteiger charge is -2.30. The number of carbonyl (C=O) groups is 1. The molecule has 0 spiro atoms. The van der Waals surface area contributed by atoms with Crippen LogP contribution in [0.3, 0.4) is 0 Å². The Balaban J connectivity index is 0.00000264. The third kappa shape index (κ3) is 5.96. The lowest BCUT2D eigenvalue weighted by atomic mass is 9.79. The molecule has 2 N–H and O–H groups in total. The Morgan fingerprint density at radius 3 is 2.74 bits per heavy atom. The first-order valence-corrected chi connectivity index (χ1v) is 8.26. The molecule has 0 radical (unpaired) electrons. The fourth-order valence-corrected chi connectivity index (χ4v) is 3.33. The van der Waals surface area contributed by atoms with Crippen LogP contribution in [0.25, 0.3) is 0 Å². The number of rotatable bonds is 8. The van der Waals surface area contributed by atoms with Crippen molar-refractivity contribution in [2.45, 2.75) is 31.1 Å². The van der Waals surface area contributed by atoms with Crippen molar-refractivity contribution in [2.75, 3.05) is 33.4 Å². The molecule has 1 fully saturated rings. The summed E-state index contributed by atoms with van der Waals surface area (Å²) in [6, 6.07) is 8.05. The lowest BCUT2D eigenvalue weighted by molar-refractivity contribution is -0.120. The maximum atomic E-state index is 12.0. The number of amides is 1.